The standard InChI is InChI=1S/C16H12O6/c17-13-7-4-11(9-14(13)18)16(21)22-12-5-1-10(2-6-12)3-8-15(19)20/h1-9,17-18H,(H,19,20)/b8-3+. The lowest BCUT2D eigenvalue weighted by Gasteiger charge is -2.05. The number of carboxylic acids is 1. The lowest BCUT2D eigenvalue weighted by molar-refractivity contribution is -0.131. The maximum Gasteiger partial charge on any atom is 0.343 e. The van der Waals surface area contributed by atoms with Crippen molar-refractivity contribution in [2.75, 3.05) is 0 Å². The van der Waals surface area contributed by atoms with Gasteiger partial charge in [-0.15, -0.1) is 0 Å². The highest BCUT2D eigenvalue weighted by Crippen LogP contribution is 2.25. The van der Waals surface area contributed by atoms with Crippen molar-refractivity contribution in [1.29, 1.82) is 0 Å². The molecular weight excluding hydrogens is 288 g/mol. The van der Waals surface area contributed by atoms with Crippen LogP contribution < -0.4 is 4.74 Å². The zero-order chi connectivity index (χ0) is 16.1. The lowest BCUT2D eigenvalue weighted by atomic mass is 10.2. The zero-order valence-electron chi connectivity index (χ0n) is 11.3. The molecule has 0 atom stereocenters. The highest BCUT2D eigenvalue weighted by molar-refractivity contribution is 5.91. The van der Waals surface area contributed by atoms with Gasteiger partial charge in [-0.2, -0.15) is 0 Å². The molecule has 0 aliphatic heterocycles. The van der Waals surface area contributed by atoms with Crippen molar-refractivity contribution in [3.8, 4) is 17.2 Å². The van der Waals surface area contributed by atoms with E-state index in [9.17, 15) is 19.8 Å². The Balaban J connectivity index is 2.08. The molecule has 0 saturated carbocycles. The van der Waals surface area contributed by atoms with Crippen LogP contribution in [0.15, 0.2) is 48.5 Å². The second-order valence-electron chi connectivity index (χ2n) is 4.33. The van der Waals surface area contributed by atoms with E-state index in [4.69, 9.17) is 9.84 Å². The van der Waals surface area contributed by atoms with E-state index in [0.29, 0.717) is 5.56 Å². The van der Waals surface area contributed by atoms with Gasteiger partial charge in [-0.25, -0.2) is 9.59 Å². The number of rotatable bonds is 4. The van der Waals surface area contributed by atoms with Crippen molar-refractivity contribution in [3.63, 3.8) is 0 Å². The van der Waals surface area contributed by atoms with Gasteiger partial charge in [0.2, 0.25) is 0 Å². The van der Waals surface area contributed by atoms with Crippen LogP contribution in [-0.2, 0) is 4.79 Å². The monoisotopic (exact) mass is 300 g/mol. The molecule has 6 nitrogen and oxygen atoms in total. The van der Waals surface area contributed by atoms with Gasteiger partial charge < -0.3 is 20.1 Å². The van der Waals surface area contributed by atoms with Crippen molar-refractivity contribution < 1.29 is 29.6 Å². The first-order chi connectivity index (χ1) is 10.5. The minimum Gasteiger partial charge on any atom is -0.504 e. The smallest absolute Gasteiger partial charge is 0.343 e. The van der Waals surface area contributed by atoms with Gasteiger partial charge in [0.15, 0.2) is 11.5 Å². The third-order valence-corrected chi connectivity index (χ3v) is 2.72. The topological polar surface area (TPSA) is 104 Å². The van der Waals surface area contributed by atoms with Gasteiger partial charge in [0, 0.05) is 6.08 Å². The van der Waals surface area contributed by atoms with E-state index >= 15 is 0 Å². The van der Waals surface area contributed by atoms with E-state index in [2.05, 4.69) is 0 Å². The highest BCUT2D eigenvalue weighted by Gasteiger charge is 2.11. The minimum atomic E-state index is -1.05. The molecule has 3 N–H and O–H groups in total. The molecule has 0 unspecified atom stereocenters. The molecule has 0 aliphatic rings. The van der Waals surface area contributed by atoms with Crippen LogP contribution in [0.4, 0.5) is 0 Å². The van der Waals surface area contributed by atoms with Crippen LogP contribution in [0.5, 0.6) is 17.2 Å². The van der Waals surface area contributed by atoms with Gasteiger partial charge in [-0.3, -0.25) is 0 Å². The molecule has 112 valence electrons. The first kappa shape index (κ1) is 15.1. The highest BCUT2D eigenvalue weighted by atomic mass is 16.5. The fourth-order valence-corrected chi connectivity index (χ4v) is 1.63. The number of hydrogen-bond acceptors (Lipinski definition) is 5. The van der Waals surface area contributed by atoms with Crippen LogP contribution in [0.1, 0.15) is 15.9 Å². The van der Waals surface area contributed by atoms with Crippen molar-refractivity contribution in [2.45, 2.75) is 0 Å². The first-order valence-electron chi connectivity index (χ1n) is 6.21. The summed E-state index contributed by atoms with van der Waals surface area (Å²) in [5.41, 5.74) is 0.731. The van der Waals surface area contributed by atoms with Gasteiger partial charge in [0.1, 0.15) is 5.75 Å². The molecule has 6 heteroatoms. The number of carboxylic acid groups (broad SMARTS) is 1. The second kappa shape index (κ2) is 6.45. The average molecular weight is 300 g/mol. The Labute approximate surface area is 125 Å². The minimum absolute atomic E-state index is 0.0881. The number of ether oxygens (including phenoxy) is 1. The molecule has 0 spiro atoms. The van der Waals surface area contributed by atoms with Gasteiger partial charge in [0.25, 0.3) is 0 Å². The summed E-state index contributed by atoms with van der Waals surface area (Å²) in [6.07, 6.45) is 2.41. The number of aliphatic carboxylic acids is 1. The van der Waals surface area contributed by atoms with Crippen molar-refractivity contribution in [2.24, 2.45) is 0 Å². The van der Waals surface area contributed by atoms with Gasteiger partial charge in [0.05, 0.1) is 5.56 Å². The number of phenolic OH excluding ortho intramolecular Hbond substituents is 2. The normalized spacial score (nSPS) is 10.5. The summed E-state index contributed by atoms with van der Waals surface area (Å²) in [5, 5.41) is 27.0. The molecule has 2 aromatic carbocycles. The molecule has 0 heterocycles. The first-order valence-corrected chi connectivity index (χ1v) is 6.21. The lowest BCUT2D eigenvalue weighted by Crippen LogP contribution is -2.08. The summed E-state index contributed by atoms with van der Waals surface area (Å²) >= 11 is 0. The molecule has 0 aromatic heterocycles. The largest absolute Gasteiger partial charge is 0.504 e. The molecule has 0 fully saturated rings. The summed E-state index contributed by atoms with van der Waals surface area (Å²) in [6.45, 7) is 0. The molecule has 0 aliphatic carbocycles. The van der Waals surface area contributed by atoms with Crippen molar-refractivity contribution in [3.05, 3.63) is 59.7 Å². The Morgan fingerprint density at radius 2 is 1.64 bits per heavy atom. The number of carbonyl (C=O) groups excluding carboxylic acids is 1. The number of phenols is 2. The van der Waals surface area contributed by atoms with Gasteiger partial charge in [-0.1, -0.05) is 12.1 Å². The van der Waals surface area contributed by atoms with Gasteiger partial charge >= 0.3 is 11.9 Å². The maximum absolute atomic E-state index is 11.9. The Kier molecular flexibility index (Phi) is 4.43. The molecule has 0 radical (unpaired) electrons. The molecule has 0 saturated heterocycles. The maximum atomic E-state index is 11.9. The van der Waals surface area contributed by atoms with E-state index < -0.39 is 17.7 Å². The zero-order valence-corrected chi connectivity index (χ0v) is 11.3. The molecule has 2 aromatic rings. The summed E-state index contributed by atoms with van der Waals surface area (Å²) < 4.78 is 5.10. The fraction of sp³-hybridized carbons (Fsp3) is 0. The molecular formula is C16H12O6. The van der Waals surface area contributed by atoms with Crippen LogP contribution in [0.3, 0.4) is 0 Å². The second-order valence-corrected chi connectivity index (χ2v) is 4.33. The predicted molar refractivity (Wildman–Crippen MR) is 77.8 cm³/mol. The molecule has 0 amide bonds. The number of aromatic hydroxyl groups is 2. The van der Waals surface area contributed by atoms with E-state index in [0.717, 1.165) is 12.1 Å². The summed E-state index contributed by atoms with van der Waals surface area (Å²) in [5.74, 6) is -2.22. The summed E-state index contributed by atoms with van der Waals surface area (Å²) in [6, 6.07) is 9.82. The van der Waals surface area contributed by atoms with E-state index in [1.54, 1.807) is 12.1 Å². The van der Waals surface area contributed by atoms with Crippen LogP contribution in [0, 0.1) is 0 Å². The fourth-order valence-electron chi connectivity index (χ4n) is 1.63. The molecule has 22 heavy (non-hydrogen) atoms. The molecule has 2 rings (SSSR count). The van der Waals surface area contributed by atoms with E-state index in [1.807, 2.05) is 0 Å². The Morgan fingerprint density at radius 3 is 2.23 bits per heavy atom. The third-order valence-electron chi connectivity index (χ3n) is 2.72. The average Bonchev–Trinajstić information content (AvgIpc) is 2.49. The Morgan fingerprint density at radius 1 is 0.955 bits per heavy atom. The quantitative estimate of drug-likeness (QED) is 0.347. The van der Waals surface area contributed by atoms with E-state index in [1.165, 1.54) is 30.3 Å². The number of hydrogen-bond donors (Lipinski definition) is 3. The van der Waals surface area contributed by atoms with Crippen LogP contribution in [0.2, 0.25) is 0 Å². The van der Waals surface area contributed by atoms with Crippen molar-refractivity contribution in [1.82, 2.24) is 0 Å². The van der Waals surface area contributed by atoms with Crippen LogP contribution in [0.25, 0.3) is 6.08 Å². The summed E-state index contributed by atoms with van der Waals surface area (Å²) in [7, 11) is 0. The van der Waals surface area contributed by atoms with Gasteiger partial charge in [-0.05, 0) is 42.0 Å². The number of carbonyl (C=O) groups is 2. The number of esters is 1. The van der Waals surface area contributed by atoms with Crippen LogP contribution >= 0.6 is 0 Å². The summed E-state index contributed by atoms with van der Waals surface area (Å²) in [4.78, 5) is 22.3. The number of benzene rings is 2. The van der Waals surface area contributed by atoms with Crippen LogP contribution in [-0.4, -0.2) is 27.3 Å². The Hall–Kier alpha value is -3.28. The Bertz CT molecular complexity index is 731. The molecule has 0 bridgehead atoms. The van der Waals surface area contributed by atoms with Crippen molar-refractivity contribution >= 4 is 18.0 Å². The third kappa shape index (κ3) is 3.86. The SMILES string of the molecule is O=C(O)/C=C/c1ccc(OC(=O)c2ccc(O)c(O)c2)cc1. The van der Waals surface area contributed by atoms with E-state index in [-0.39, 0.29) is 17.1 Å². The predicted octanol–water partition coefficient (Wildman–Crippen LogP) is 2.41.